The Hall–Kier alpha value is -4.49. The zero-order valence-corrected chi connectivity index (χ0v) is 33.1. The zero-order chi connectivity index (χ0) is 40.7. The van der Waals surface area contributed by atoms with Gasteiger partial charge in [-0.05, 0) is 47.9 Å². The quantitative estimate of drug-likeness (QED) is 0.0555. The Kier molecular flexibility index (Phi) is 18.1. The molecule has 3 amide bonds. The maximum atomic E-state index is 12.9. The average molecular weight is 836 g/mol. The van der Waals surface area contributed by atoms with E-state index in [9.17, 15) is 33.9 Å². The number of nitrogens with zero attached hydrogens (tertiary/aromatic N) is 2. The number of aromatic nitrogens is 1. The number of carboxylic acid groups (broad SMARTS) is 3. The summed E-state index contributed by atoms with van der Waals surface area (Å²) in [4.78, 5) is 77.3. The largest absolute Gasteiger partial charge is 0.505 e. The monoisotopic (exact) mass is 835 g/mol. The van der Waals surface area contributed by atoms with Gasteiger partial charge in [-0.2, -0.15) is 0 Å². The molecule has 0 aliphatic rings. The van der Waals surface area contributed by atoms with E-state index in [1.54, 1.807) is 44.1 Å². The molecule has 55 heavy (non-hydrogen) atoms. The Bertz CT molecular complexity index is 1920. The Balaban J connectivity index is 1.82. The molecule has 15 nitrogen and oxygen atoms in total. The lowest BCUT2D eigenvalue weighted by molar-refractivity contribution is -0.139. The van der Waals surface area contributed by atoms with Crippen LogP contribution in [0.1, 0.15) is 47.1 Å². The lowest BCUT2D eigenvalue weighted by atomic mass is 10.1. The number of halogens is 1. The molecule has 0 fully saturated rings. The number of phenolic OH excluding ortho intramolecular Hbond substituents is 1. The molecule has 0 saturated heterocycles. The molecule has 0 radical (unpaired) electrons. The van der Waals surface area contributed by atoms with Gasteiger partial charge in [0.2, 0.25) is 17.7 Å². The minimum atomic E-state index is -1.30. The molecule has 296 valence electrons. The van der Waals surface area contributed by atoms with Crippen LogP contribution in [0.4, 0.5) is 0 Å². The molecular formula is C36H42ClN5O10S3. The smallest absolute Gasteiger partial charge is 0.322 e. The predicted molar refractivity (Wildman–Crippen MR) is 215 cm³/mol. The Labute approximate surface area is 334 Å². The van der Waals surface area contributed by atoms with Gasteiger partial charge in [0.25, 0.3) is 0 Å². The van der Waals surface area contributed by atoms with Crippen LogP contribution in [0.2, 0.25) is 5.02 Å². The van der Waals surface area contributed by atoms with Crippen LogP contribution in [0.25, 0.3) is 23.1 Å². The number of carbonyl (C=O) groups excluding carboxylic acids is 3. The highest BCUT2D eigenvalue weighted by Crippen LogP contribution is 2.42. The topological polar surface area (TPSA) is 250 Å². The van der Waals surface area contributed by atoms with E-state index in [2.05, 4.69) is 15.6 Å². The number of benzene rings is 2. The first-order valence-corrected chi connectivity index (χ1v) is 20.2. The van der Waals surface area contributed by atoms with Gasteiger partial charge in [0.15, 0.2) is 0 Å². The molecule has 8 N–H and O–H groups in total. The number of carbonyl (C=O) groups is 6. The van der Waals surface area contributed by atoms with Gasteiger partial charge in [-0.1, -0.05) is 35.9 Å². The normalized spacial score (nSPS) is 12.9. The second kappa shape index (κ2) is 22.2. The molecule has 0 aliphatic heterocycles. The van der Waals surface area contributed by atoms with Gasteiger partial charge in [0.05, 0.1) is 32.1 Å². The number of hydrogen-bond donors (Lipinski definition) is 7. The van der Waals surface area contributed by atoms with Crippen LogP contribution in [-0.2, 0) is 28.8 Å². The summed E-state index contributed by atoms with van der Waals surface area (Å²) in [5.41, 5.74) is 8.26. The average Bonchev–Trinajstić information content (AvgIpc) is 3.13. The van der Waals surface area contributed by atoms with E-state index in [1.165, 1.54) is 22.7 Å². The summed E-state index contributed by atoms with van der Waals surface area (Å²) in [6, 6.07) is 10.1. The Morgan fingerprint density at radius 3 is 2.31 bits per heavy atom. The fourth-order valence-corrected chi connectivity index (χ4v) is 8.78. The van der Waals surface area contributed by atoms with Crippen molar-refractivity contribution < 1.29 is 49.2 Å². The van der Waals surface area contributed by atoms with E-state index in [1.807, 2.05) is 30.3 Å². The number of carboxylic acids is 3. The van der Waals surface area contributed by atoms with Gasteiger partial charge in [0, 0.05) is 49.6 Å². The van der Waals surface area contributed by atoms with Gasteiger partial charge in [0.1, 0.15) is 24.4 Å². The molecule has 3 rings (SSSR count). The van der Waals surface area contributed by atoms with Crippen molar-refractivity contribution in [1.29, 1.82) is 0 Å². The molecule has 3 aromatic rings. The summed E-state index contributed by atoms with van der Waals surface area (Å²) in [5, 5.41) is 43.2. The third-order valence-corrected chi connectivity index (χ3v) is 12.0. The van der Waals surface area contributed by atoms with Crippen molar-refractivity contribution in [2.45, 2.75) is 47.2 Å². The molecule has 1 heterocycles. The highest BCUT2D eigenvalue weighted by molar-refractivity contribution is 8.16. The highest BCUT2D eigenvalue weighted by Gasteiger charge is 2.25. The van der Waals surface area contributed by atoms with E-state index < -0.39 is 48.4 Å². The molecule has 0 aliphatic carbocycles. The third kappa shape index (κ3) is 14.9. The maximum absolute atomic E-state index is 12.9. The van der Waals surface area contributed by atoms with Crippen LogP contribution in [0.15, 0.2) is 47.4 Å². The van der Waals surface area contributed by atoms with Crippen molar-refractivity contribution in [2.24, 2.45) is 5.73 Å². The number of aromatic hydroxyl groups is 1. The van der Waals surface area contributed by atoms with Gasteiger partial charge in [-0.25, -0.2) is 4.98 Å². The van der Waals surface area contributed by atoms with E-state index in [0.717, 1.165) is 22.9 Å². The number of amides is 3. The van der Waals surface area contributed by atoms with Crippen LogP contribution in [0, 0.1) is 0 Å². The fraction of sp³-hybridized carbons (Fsp3) is 0.361. The predicted octanol–water partition coefficient (Wildman–Crippen LogP) is 4.15. The SMILES string of the molecule is CN(C)C(=O)CCS[C@H](SCCC(=O)O)c1cccc(/C=C/c2ccc3c(SC[C@H](NC(=O)CC[C@H](N)C(=O)O)C(=O)NCC(=O)O)c(O)c(Cl)cc3n2)c1. The summed E-state index contributed by atoms with van der Waals surface area (Å²) in [5.74, 6) is -4.44. The van der Waals surface area contributed by atoms with Crippen molar-refractivity contribution in [3.8, 4) is 5.75 Å². The molecule has 0 saturated carbocycles. The summed E-state index contributed by atoms with van der Waals surface area (Å²) < 4.78 is -0.0985. The standard InChI is InChI=1S/C36H42ClN5O10S3/c1-42(2)29(44)12-14-53-36(54-15-13-30(45)46)21-5-3-4-20(16-21)6-7-22-8-9-23-26(40-22)17-24(37)32(49)33(23)55-19-27(34(50)39-18-31(47)48)41-28(43)11-10-25(38)35(51)52/h3-9,16-17,25,27,36,49H,10-15,18-19,38H2,1-2H3,(H,39,50)(H,41,43)(H,45,46)(H,47,48)(H,51,52)/b7-6+/t25-,27-,36+/m0/s1. The summed E-state index contributed by atoms with van der Waals surface area (Å²) in [6.45, 7) is -0.708. The number of aliphatic carboxylic acids is 3. The summed E-state index contributed by atoms with van der Waals surface area (Å²) >= 11 is 10.4. The lowest BCUT2D eigenvalue weighted by Gasteiger charge is -2.19. The molecule has 0 unspecified atom stereocenters. The second-order valence-corrected chi connectivity index (χ2v) is 16.3. The first-order valence-electron chi connectivity index (χ1n) is 16.7. The lowest BCUT2D eigenvalue weighted by Crippen LogP contribution is -2.49. The number of thioether (sulfide) groups is 3. The van der Waals surface area contributed by atoms with Crippen LogP contribution in [-0.4, -0.2) is 116 Å². The first kappa shape index (κ1) is 44.9. The second-order valence-electron chi connectivity index (χ2n) is 12.1. The van der Waals surface area contributed by atoms with Crippen LogP contribution >= 0.6 is 46.9 Å². The minimum Gasteiger partial charge on any atom is -0.505 e. The number of fused-ring (bicyclic) bond motifs is 1. The van der Waals surface area contributed by atoms with Crippen LogP contribution in [0.3, 0.4) is 0 Å². The van der Waals surface area contributed by atoms with Gasteiger partial charge in [-0.3, -0.25) is 28.8 Å². The van der Waals surface area contributed by atoms with E-state index in [0.29, 0.717) is 34.5 Å². The number of phenols is 1. The van der Waals surface area contributed by atoms with Gasteiger partial charge < -0.3 is 41.7 Å². The number of nitrogens with one attached hydrogen (secondary N) is 2. The fourth-order valence-electron chi connectivity index (χ4n) is 4.73. The zero-order valence-electron chi connectivity index (χ0n) is 29.9. The van der Waals surface area contributed by atoms with Gasteiger partial charge in [-0.15, -0.1) is 35.3 Å². The number of rotatable bonds is 22. The van der Waals surface area contributed by atoms with E-state index >= 15 is 0 Å². The maximum Gasteiger partial charge on any atom is 0.322 e. The van der Waals surface area contributed by atoms with Crippen LogP contribution in [0.5, 0.6) is 5.75 Å². The van der Waals surface area contributed by atoms with Crippen molar-refractivity contribution in [2.75, 3.05) is 37.9 Å². The molecule has 19 heteroatoms. The van der Waals surface area contributed by atoms with E-state index in [-0.39, 0.29) is 51.2 Å². The first-order chi connectivity index (χ1) is 26.0. The Morgan fingerprint density at radius 2 is 1.65 bits per heavy atom. The summed E-state index contributed by atoms with van der Waals surface area (Å²) in [7, 11) is 3.40. The molecule has 2 aromatic carbocycles. The van der Waals surface area contributed by atoms with Crippen molar-refractivity contribution >= 4 is 106 Å². The molecular weight excluding hydrogens is 794 g/mol. The number of pyridine rings is 1. The number of nitrogens with two attached hydrogens (primary N) is 1. The third-order valence-electron chi connectivity index (χ3n) is 7.65. The van der Waals surface area contributed by atoms with Gasteiger partial charge >= 0.3 is 17.9 Å². The highest BCUT2D eigenvalue weighted by atomic mass is 35.5. The van der Waals surface area contributed by atoms with Crippen molar-refractivity contribution in [1.82, 2.24) is 20.5 Å². The van der Waals surface area contributed by atoms with E-state index in [4.69, 9.17) is 32.7 Å². The number of hydrogen-bond acceptors (Lipinski definition) is 12. The van der Waals surface area contributed by atoms with Crippen LogP contribution < -0.4 is 16.4 Å². The van der Waals surface area contributed by atoms with Crippen molar-refractivity contribution in [3.63, 3.8) is 0 Å². The summed E-state index contributed by atoms with van der Waals surface area (Å²) in [6.07, 6.45) is 3.52. The molecule has 3 atom stereocenters. The molecule has 0 bridgehead atoms. The Morgan fingerprint density at radius 1 is 0.945 bits per heavy atom. The minimum absolute atomic E-state index is 0.00864. The molecule has 0 spiro atoms. The molecule has 1 aromatic heterocycles. The van der Waals surface area contributed by atoms with Crippen molar-refractivity contribution in [3.05, 3.63) is 64.3 Å².